The molecule has 1 unspecified atom stereocenters. The number of rotatable bonds is 4. The van der Waals surface area contributed by atoms with Crippen molar-refractivity contribution in [2.75, 3.05) is 5.32 Å². The Hall–Kier alpha value is -1.88. The van der Waals surface area contributed by atoms with Crippen molar-refractivity contribution in [3.8, 4) is 5.75 Å². The van der Waals surface area contributed by atoms with Gasteiger partial charge in [0.05, 0.1) is 0 Å². The maximum atomic E-state index is 11.9. The molecule has 2 rings (SSSR count). The van der Waals surface area contributed by atoms with Gasteiger partial charge in [-0.05, 0) is 32.9 Å². The molecule has 1 heterocycles. The van der Waals surface area contributed by atoms with Crippen LogP contribution >= 0.6 is 11.3 Å². The van der Waals surface area contributed by atoms with Gasteiger partial charge in [0.25, 0.3) is 5.91 Å². The molecule has 0 radical (unpaired) electrons. The van der Waals surface area contributed by atoms with Gasteiger partial charge in [0, 0.05) is 11.1 Å². The Morgan fingerprint density at radius 2 is 2.00 bits per heavy atom. The number of thiazole rings is 1. The number of hydrogen-bond donors (Lipinski definition) is 1. The van der Waals surface area contributed by atoms with E-state index in [-0.39, 0.29) is 5.91 Å². The Balaban J connectivity index is 1.94. The number of benzene rings is 1. The zero-order valence-corrected chi connectivity index (χ0v) is 12.0. The monoisotopic (exact) mass is 276 g/mol. The number of carbonyl (C=O) groups is 1. The Morgan fingerprint density at radius 3 is 2.58 bits per heavy atom. The Morgan fingerprint density at radius 1 is 1.32 bits per heavy atom. The predicted octanol–water partition coefficient (Wildman–Crippen LogP) is 3.17. The van der Waals surface area contributed by atoms with E-state index in [1.54, 1.807) is 13.1 Å². The standard InChI is InChI=1S/C14H16N2O2S/c1-9-4-6-12(7-5-9)18-11(3)13(17)16-14-15-8-10(2)19-14/h4-8,11H,1-3H3,(H,15,16,17). The molecule has 0 aliphatic rings. The van der Waals surface area contributed by atoms with Crippen LogP contribution in [0.4, 0.5) is 5.13 Å². The molecule has 0 saturated heterocycles. The van der Waals surface area contributed by atoms with E-state index in [0.29, 0.717) is 10.9 Å². The lowest BCUT2D eigenvalue weighted by Gasteiger charge is -2.13. The molecule has 1 aromatic heterocycles. The highest BCUT2D eigenvalue weighted by Gasteiger charge is 2.16. The number of ether oxygens (including phenoxy) is 1. The summed E-state index contributed by atoms with van der Waals surface area (Å²) in [5.41, 5.74) is 1.16. The van der Waals surface area contributed by atoms with E-state index in [0.717, 1.165) is 10.4 Å². The van der Waals surface area contributed by atoms with E-state index in [1.807, 2.05) is 38.1 Å². The molecule has 0 bridgehead atoms. The van der Waals surface area contributed by atoms with Crippen LogP contribution in [0.2, 0.25) is 0 Å². The number of amides is 1. The molecule has 1 amide bonds. The highest BCUT2D eigenvalue weighted by atomic mass is 32.1. The summed E-state index contributed by atoms with van der Waals surface area (Å²) in [7, 11) is 0. The van der Waals surface area contributed by atoms with E-state index in [2.05, 4.69) is 10.3 Å². The van der Waals surface area contributed by atoms with Crippen LogP contribution in [-0.2, 0) is 4.79 Å². The summed E-state index contributed by atoms with van der Waals surface area (Å²) >= 11 is 1.44. The highest BCUT2D eigenvalue weighted by molar-refractivity contribution is 7.15. The first-order valence-corrected chi connectivity index (χ1v) is 6.83. The molecule has 0 spiro atoms. The van der Waals surface area contributed by atoms with Crippen LogP contribution in [0.15, 0.2) is 30.5 Å². The molecule has 0 saturated carbocycles. The molecule has 19 heavy (non-hydrogen) atoms. The van der Waals surface area contributed by atoms with Crippen molar-refractivity contribution in [1.29, 1.82) is 0 Å². The molecule has 2 aromatic rings. The van der Waals surface area contributed by atoms with Crippen LogP contribution in [0.3, 0.4) is 0 Å². The van der Waals surface area contributed by atoms with E-state index >= 15 is 0 Å². The van der Waals surface area contributed by atoms with Gasteiger partial charge >= 0.3 is 0 Å². The van der Waals surface area contributed by atoms with Crippen molar-refractivity contribution in [3.63, 3.8) is 0 Å². The van der Waals surface area contributed by atoms with E-state index < -0.39 is 6.10 Å². The first kappa shape index (κ1) is 13.5. The van der Waals surface area contributed by atoms with E-state index in [9.17, 15) is 4.79 Å². The van der Waals surface area contributed by atoms with Gasteiger partial charge in [0.1, 0.15) is 5.75 Å². The molecule has 0 fully saturated rings. The molecule has 1 N–H and O–H groups in total. The largest absolute Gasteiger partial charge is 0.481 e. The Labute approximate surface area is 116 Å². The van der Waals surface area contributed by atoms with Crippen molar-refractivity contribution < 1.29 is 9.53 Å². The fourth-order valence-corrected chi connectivity index (χ4v) is 2.16. The maximum absolute atomic E-state index is 11.9. The number of anilines is 1. The average Bonchev–Trinajstić information content (AvgIpc) is 2.77. The molecule has 1 atom stereocenters. The third-order valence-electron chi connectivity index (χ3n) is 2.55. The third kappa shape index (κ3) is 3.79. The molecular formula is C14H16N2O2S. The zero-order chi connectivity index (χ0) is 13.8. The first-order valence-electron chi connectivity index (χ1n) is 6.01. The van der Waals surface area contributed by atoms with Crippen LogP contribution in [0, 0.1) is 13.8 Å². The SMILES string of the molecule is Cc1ccc(OC(C)C(=O)Nc2ncc(C)s2)cc1. The van der Waals surface area contributed by atoms with Crippen molar-refractivity contribution >= 4 is 22.4 Å². The summed E-state index contributed by atoms with van der Waals surface area (Å²) in [5, 5.41) is 3.34. The second-order valence-electron chi connectivity index (χ2n) is 4.34. The van der Waals surface area contributed by atoms with Crippen LogP contribution in [-0.4, -0.2) is 17.0 Å². The normalized spacial score (nSPS) is 11.9. The van der Waals surface area contributed by atoms with Crippen LogP contribution < -0.4 is 10.1 Å². The minimum Gasteiger partial charge on any atom is -0.481 e. The second-order valence-corrected chi connectivity index (χ2v) is 5.57. The summed E-state index contributed by atoms with van der Waals surface area (Å²) in [6, 6.07) is 7.60. The zero-order valence-electron chi connectivity index (χ0n) is 11.1. The highest BCUT2D eigenvalue weighted by Crippen LogP contribution is 2.18. The second kappa shape index (κ2) is 5.84. The van der Waals surface area contributed by atoms with Gasteiger partial charge in [-0.2, -0.15) is 0 Å². The van der Waals surface area contributed by atoms with Crippen molar-refractivity contribution in [1.82, 2.24) is 4.98 Å². The lowest BCUT2D eigenvalue weighted by atomic mass is 10.2. The maximum Gasteiger partial charge on any atom is 0.266 e. The van der Waals surface area contributed by atoms with Gasteiger partial charge in [0.15, 0.2) is 11.2 Å². The van der Waals surface area contributed by atoms with Crippen LogP contribution in [0.1, 0.15) is 17.4 Å². The molecule has 0 aliphatic carbocycles. The fourth-order valence-electron chi connectivity index (χ4n) is 1.49. The lowest BCUT2D eigenvalue weighted by molar-refractivity contribution is -0.122. The van der Waals surface area contributed by atoms with E-state index in [1.165, 1.54) is 11.3 Å². The number of aromatic nitrogens is 1. The van der Waals surface area contributed by atoms with Crippen molar-refractivity contribution in [3.05, 3.63) is 40.9 Å². The van der Waals surface area contributed by atoms with Gasteiger partial charge < -0.3 is 4.74 Å². The minimum absolute atomic E-state index is 0.199. The number of hydrogen-bond acceptors (Lipinski definition) is 4. The molecule has 5 heteroatoms. The molecule has 4 nitrogen and oxygen atoms in total. The smallest absolute Gasteiger partial charge is 0.266 e. The summed E-state index contributed by atoms with van der Waals surface area (Å²) in [6.45, 7) is 5.67. The number of nitrogens with one attached hydrogen (secondary N) is 1. The molecule has 100 valence electrons. The minimum atomic E-state index is -0.563. The van der Waals surface area contributed by atoms with Gasteiger partial charge in [-0.3, -0.25) is 10.1 Å². The Bertz CT molecular complexity index is 563. The summed E-state index contributed by atoms with van der Waals surface area (Å²) < 4.78 is 5.57. The summed E-state index contributed by atoms with van der Waals surface area (Å²) in [4.78, 5) is 17.1. The van der Waals surface area contributed by atoms with Gasteiger partial charge in [-0.25, -0.2) is 4.98 Å². The number of carbonyl (C=O) groups excluding carboxylic acids is 1. The lowest BCUT2D eigenvalue weighted by Crippen LogP contribution is -2.30. The molecular weight excluding hydrogens is 260 g/mol. The van der Waals surface area contributed by atoms with Gasteiger partial charge in [-0.1, -0.05) is 17.7 Å². The van der Waals surface area contributed by atoms with Crippen LogP contribution in [0.25, 0.3) is 0 Å². The molecule has 0 aliphatic heterocycles. The summed E-state index contributed by atoms with van der Waals surface area (Å²) in [6.07, 6.45) is 1.16. The predicted molar refractivity (Wildman–Crippen MR) is 76.7 cm³/mol. The number of aryl methyl sites for hydroxylation is 2. The average molecular weight is 276 g/mol. The quantitative estimate of drug-likeness (QED) is 0.933. The van der Waals surface area contributed by atoms with Crippen molar-refractivity contribution in [2.24, 2.45) is 0 Å². The Kier molecular flexibility index (Phi) is 4.16. The fraction of sp³-hybridized carbons (Fsp3) is 0.286. The third-order valence-corrected chi connectivity index (χ3v) is 3.38. The van der Waals surface area contributed by atoms with Gasteiger partial charge in [0.2, 0.25) is 0 Å². The summed E-state index contributed by atoms with van der Waals surface area (Å²) in [5.74, 6) is 0.485. The topological polar surface area (TPSA) is 51.2 Å². The van der Waals surface area contributed by atoms with Crippen molar-refractivity contribution in [2.45, 2.75) is 26.9 Å². The van der Waals surface area contributed by atoms with E-state index in [4.69, 9.17) is 4.74 Å². The molecule has 1 aromatic carbocycles. The first-order chi connectivity index (χ1) is 9.04. The van der Waals surface area contributed by atoms with Crippen LogP contribution in [0.5, 0.6) is 5.75 Å². The van der Waals surface area contributed by atoms with Gasteiger partial charge in [-0.15, -0.1) is 11.3 Å². The number of nitrogens with zero attached hydrogens (tertiary/aromatic N) is 1.